The van der Waals surface area contributed by atoms with Gasteiger partial charge in [0.2, 0.25) is 5.91 Å². The van der Waals surface area contributed by atoms with Crippen LogP contribution < -0.4 is 15.4 Å². The van der Waals surface area contributed by atoms with Crippen molar-refractivity contribution in [3.63, 3.8) is 0 Å². The van der Waals surface area contributed by atoms with E-state index in [-0.39, 0.29) is 23.8 Å². The predicted molar refractivity (Wildman–Crippen MR) is 150 cm³/mol. The first-order valence-electron chi connectivity index (χ1n) is 13.3. The van der Waals surface area contributed by atoms with Gasteiger partial charge in [-0.2, -0.15) is 5.10 Å². The molecule has 1 aliphatic heterocycles. The van der Waals surface area contributed by atoms with Crippen LogP contribution in [0.25, 0.3) is 11.3 Å². The lowest BCUT2D eigenvalue weighted by Crippen LogP contribution is -2.43. The Balaban J connectivity index is 1.22. The number of benzene rings is 3. The minimum Gasteiger partial charge on any atom is -0.497 e. The van der Waals surface area contributed by atoms with E-state index in [1.165, 1.54) is 11.6 Å². The molecule has 0 spiro atoms. The number of methoxy groups -OCH3 is 1. The van der Waals surface area contributed by atoms with E-state index in [9.17, 15) is 9.18 Å². The molecule has 202 valence electrons. The largest absolute Gasteiger partial charge is 0.497 e. The summed E-state index contributed by atoms with van der Waals surface area (Å²) in [5.74, 6) is 0.547. The molecule has 3 aromatic carbocycles. The summed E-state index contributed by atoms with van der Waals surface area (Å²) >= 11 is 0. The SMILES string of the molecule is COc1ccc(-c2[nH]ncc2CN[C@H]2C[C@@H](C(=O)NCCc3ccccc3F)N(Cc3ccccc3)C2)cc1. The number of amides is 1. The van der Waals surface area contributed by atoms with Gasteiger partial charge in [-0.1, -0.05) is 48.5 Å². The number of rotatable bonds is 11. The fourth-order valence-corrected chi connectivity index (χ4v) is 5.16. The molecule has 0 radical (unpaired) electrons. The van der Waals surface area contributed by atoms with Gasteiger partial charge in [-0.05, 0) is 54.3 Å². The number of hydrogen-bond donors (Lipinski definition) is 3. The van der Waals surface area contributed by atoms with Crippen LogP contribution in [0, 0.1) is 5.82 Å². The smallest absolute Gasteiger partial charge is 0.237 e. The van der Waals surface area contributed by atoms with Crippen LogP contribution in [-0.4, -0.2) is 53.3 Å². The van der Waals surface area contributed by atoms with E-state index in [1.807, 2.05) is 54.7 Å². The van der Waals surface area contributed by atoms with Gasteiger partial charge in [0.15, 0.2) is 0 Å². The third-order valence-corrected chi connectivity index (χ3v) is 7.26. The average Bonchev–Trinajstić information content (AvgIpc) is 3.60. The summed E-state index contributed by atoms with van der Waals surface area (Å²) in [5, 5.41) is 14.1. The second-order valence-electron chi connectivity index (χ2n) is 9.88. The number of carbonyl (C=O) groups excluding carboxylic acids is 1. The van der Waals surface area contributed by atoms with Crippen molar-refractivity contribution in [2.75, 3.05) is 20.2 Å². The Hall–Kier alpha value is -4.01. The van der Waals surface area contributed by atoms with Crippen molar-refractivity contribution in [3.8, 4) is 17.0 Å². The Kier molecular flexibility index (Phi) is 8.65. The Morgan fingerprint density at radius 3 is 2.59 bits per heavy atom. The number of nitrogens with one attached hydrogen (secondary N) is 3. The fourth-order valence-electron chi connectivity index (χ4n) is 5.16. The zero-order valence-corrected chi connectivity index (χ0v) is 22.1. The molecule has 1 saturated heterocycles. The van der Waals surface area contributed by atoms with Gasteiger partial charge in [0, 0.05) is 43.3 Å². The zero-order chi connectivity index (χ0) is 27.0. The second kappa shape index (κ2) is 12.7. The van der Waals surface area contributed by atoms with Gasteiger partial charge >= 0.3 is 0 Å². The summed E-state index contributed by atoms with van der Waals surface area (Å²) in [6, 6.07) is 24.6. The van der Waals surface area contributed by atoms with Crippen LogP contribution in [0.2, 0.25) is 0 Å². The molecule has 1 amide bonds. The zero-order valence-electron chi connectivity index (χ0n) is 22.1. The molecule has 39 heavy (non-hydrogen) atoms. The number of likely N-dealkylation sites (tertiary alicyclic amines) is 1. The van der Waals surface area contributed by atoms with Crippen molar-refractivity contribution < 1.29 is 13.9 Å². The van der Waals surface area contributed by atoms with Crippen molar-refractivity contribution in [2.45, 2.75) is 38.0 Å². The van der Waals surface area contributed by atoms with Crippen molar-refractivity contribution in [1.29, 1.82) is 0 Å². The van der Waals surface area contributed by atoms with E-state index in [4.69, 9.17) is 4.74 Å². The highest BCUT2D eigenvalue weighted by atomic mass is 19.1. The maximum absolute atomic E-state index is 14.0. The molecular weight excluding hydrogens is 493 g/mol. The summed E-state index contributed by atoms with van der Waals surface area (Å²) in [4.78, 5) is 15.5. The van der Waals surface area contributed by atoms with Crippen molar-refractivity contribution >= 4 is 5.91 Å². The van der Waals surface area contributed by atoms with Gasteiger partial charge in [0.25, 0.3) is 0 Å². The molecule has 0 unspecified atom stereocenters. The normalized spacial score (nSPS) is 17.3. The monoisotopic (exact) mass is 527 g/mol. The number of carbonyl (C=O) groups is 1. The lowest BCUT2D eigenvalue weighted by atomic mass is 10.1. The molecule has 0 aliphatic carbocycles. The van der Waals surface area contributed by atoms with Crippen LogP contribution in [-0.2, 0) is 24.3 Å². The molecule has 0 bridgehead atoms. The maximum Gasteiger partial charge on any atom is 0.237 e. The molecule has 1 fully saturated rings. The highest BCUT2D eigenvalue weighted by Crippen LogP contribution is 2.25. The van der Waals surface area contributed by atoms with E-state index < -0.39 is 0 Å². The number of H-pyrrole nitrogens is 1. The van der Waals surface area contributed by atoms with Crippen molar-refractivity contribution in [1.82, 2.24) is 25.7 Å². The highest BCUT2D eigenvalue weighted by Gasteiger charge is 2.36. The Morgan fingerprint density at radius 2 is 1.82 bits per heavy atom. The quantitative estimate of drug-likeness (QED) is 0.271. The molecular formula is C31H34FN5O2. The Bertz CT molecular complexity index is 1360. The lowest BCUT2D eigenvalue weighted by Gasteiger charge is -2.23. The number of hydrogen-bond acceptors (Lipinski definition) is 5. The number of halogens is 1. The predicted octanol–water partition coefficient (Wildman–Crippen LogP) is 4.32. The minimum atomic E-state index is -0.270. The average molecular weight is 528 g/mol. The first-order valence-corrected chi connectivity index (χ1v) is 13.3. The van der Waals surface area contributed by atoms with Crippen LogP contribution >= 0.6 is 0 Å². The van der Waals surface area contributed by atoms with Gasteiger partial charge in [-0.25, -0.2) is 4.39 Å². The van der Waals surface area contributed by atoms with E-state index in [0.29, 0.717) is 38.0 Å². The maximum atomic E-state index is 14.0. The van der Waals surface area contributed by atoms with E-state index in [1.54, 1.807) is 19.2 Å². The Labute approximate surface area is 228 Å². The third-order valence-electron chi connectivity index (χ3n) is 7.26. The molecule has 1 aromatic heterocycles. The van der Waals surface area contributed by atoms with E-state index >= 15 is 0 Å². The van der Waals surface area contributed by atoms with Crippen LogP contribution in [0.15, 0.2) is 85.1 Å². The number of aromatic nitrogens is 2. The molecule has 5 rings (SSSR count). The van der Waals surface area contributed by atoms with Crippen LogP contribution in [0.4, 0.5) is 4.39 Å². The molecule has 4 aromatic rings. The lowest BCUT2D eigenvalue weighted by molar-refractivity contribution is -0.125. The number of aromatic amines is 1. The fraction of sp³-hybridized carbons (Fsp3) is 0.290. The van der Waals surface area contributed by atoms with Crippen molar-refractivity contribution in [3.05, 3.63) is 108 Å². The topological polar surface area (TPSA) is 82.3 Å². The van der Waals surface area contributed by atoms with E-state index in [0.717, 1.165) is 29.1 Å². The molecule has 8 heteroatoms. The molecule has 2 atom stereocenters. The highest BCUT2D eigenvalue weighted by molar-refractivity contribution is 5.82. The summed E-state index contributed by atoms with van der Waals surface area (Å²) in [6.45, 7) is 2.46. The van der Waals surface area contributed by atoms with Gasteiger partial charge in [0.05, 0.1) is 25.0 Å². The van der Waals surface area contributed by atoms with Gasteiger partial charge in [-0.3, -0.25) is 14.8 Å². The molecule has 3 N–H and O–H groups in total. The summed E-state index contributed by atoms with van der Waals surface area (Å²) in [5.41, 5.74) is 4.84. The van der Waals surface area contributed by atoms with Gasteiger partial charge in [-0.15, -0.1) is 0 Å². The summed E-state index contributed by atoms with van der Waals surface area (Å²) in [7, 11) is 1.65. The summed E-state index contributed by atoms with van der Waals surface area (Å²) < 4.78 is 19.3. The van der Waals surface area contributed by atoms with Crippen molar-refractivity contribution in [2.24, 2.45) is 0 Å². The third kappa shape index (κ3) is 6.71. The van der Waals surface area contributed by atoms with Gasteiger partial charge < -0.3 is 15.4 Å². The van der Waals surface area contributed by atoms with E-state index in [2.05, 4.69) is 37.9 Å². The van der Waals surface area contributed by atoms with Crippen LogP contribution in [0.5, 0.6) is 5.75 Å². The molecule has 7 nitrogen and oxygen atoms in total. The second-order valence-corrected chi connectivity index (χ2v) is 9.88. The molecule has 0 saturated carbocycles. The van der Waals surface area contributed by atoms with Gasteiger partial charge in [0.1, 0.15) is 11.6 Å². The first-order chi connectivity index (χ1) is 19.1. The summed E-state index contributed by atoms with van der Waals surface area (Å²) in [6.07, 6.45) is 2.99. The van der Waals surface area contributed by atoms with Crippen LogP contribution in [0.3, 0.4) is 0 Å². The number of ether oxygens (including phenoxy) is 1. The standard InChI is InChI=1S/C31H34FN5O2/c1-39-27-13-11-24(12-14-27)30-25(19-35-36-30)18-34-26-17-29(37(21-26)20-22-7-3-2-4-8-22)31(38)33-16-15-23-9-5-6-10-28(23)32/h2-14,19,26,29,34H,15-18,20-21H2,1H3,(H,33,38)(H,35,36)/t26-,29-/m0/s1. The molecule has 2 heterocycles. The Morgan fingerprint density at radius 1 is 1.05 bits per heavy atom. The van der Waals surface area contributed by atoms with Crippen LogP contribution in [0.1, 0.15) is 23.1 Å². The minimum absolute atomic E-state index is 0.0196. The molecule has 1 aliphatic rings. The first kappa shape index (κ1) is 26.6. The number of nitrogens with zero attached hydrogens (tertiary/aromatic N) is 2.